The summed E-state index contributed by atoms with van der Waals surface area (Å²) < 4.78 is 15.2. The molecular formula is C16H18FN2+. The van der Waals surface area contributed by atoms with Gasteiger partial charge in [-0.1, -0.05) is 18.2 Å². The van der Waals surface area contributed by atoms with Crippen molar-refractivity contribution in [3.05, 3.63) is 54.1 Å². The zero-order valence-electron chi connectivity index (χ0n) is 11.5. The van der Waals surface area contributed by atoms with E-state index in [9.17, 15) is 4.39 Å². The third-order valence-corrected chi connectivity index (χ3v) is 3.01. The predicted molar refractivity (Wildman–Crippen MR) is 76.1 cm³/mol. The third-order valence-electron chi connectivity index (χ3n) is 3.01. The van der Waals surface area contributed by atoms with E-state index in [1.54, 1.807) is 0 Å². The number of fused-ring (bicyclic) bond motifs is 1. The number of aromatic nitrogens is 2. The van der Waals surface area contributed by atoms with Crippen molar-refractivity contribution in [2.45, 2.75) is 27.3 Å². The van der Waals surface area contributed by atoms with E-state index < -0.39 is 0 Å². The molecule has 2 rings (SSSR count). The largest absolute Gasteiger partial charge is 0.235 e. The summed E-state index contributed by atoms with van der Waals surface area (Å²) in [6.07, 6.45) is 5.36. The smallest absolute Gasteiger partial charge is 0.231 e. The standard InChI is InChI=1S/C16H18FN2/c1-4-13(10-12(3)17)15-11-19(5-2)16-9-7-6-8-14(16)18-15/h4,6-11H,5H2,1-3H3/q+1. The molecule has 0 aliphatic rings. The van der Waals surface area contributed by atoms with Gasteiger partial charge in [-0.2, -0.15) is 4.57 Å². The molecule has 1 aromatic heterocycles. The molecular weight excluding hydrogens is 239 g/mol. The zero-order valence-corrected chi connectivity index (χ0v) is 11.5. The summed E-state index contributed by atoms with van der Waals surface area (Å²) in [4.78, 5) is 4.61. The van der Waals surface area contributed by atoms with E-state index in [0.717, 1.165) is 28.8 Å². The molecule has 0 atom stereocenters. The van der Waals surface area contributed by atoms with E-state index >= 15 is 0 Å². The van der Waals surface area contributed by atoms with E-state index in [2.05, 4.69) is 16.5 Å². The number of hydrogen-bond acceptors (Lipinski definition) is 1. The molecule has 0 saturated heterocycles. The fourth-order valence-electron chi connectivity index (χ4n) is 2.10. The van der Waals surface area contributed by atoms with Crippen LogP contribution in [0.25, 0.3) is 16.6 Å². The average molecular weight is 257 g/mol. The van der Waals surface area contributed by atoms with E-state index in [1.807, 2.05) is 43.5 Å². The number of benzene rings is 1. The molecule has 1 heterocycles. The number of allylic oxidation sites excluding steroid dienone is 4. The lowest BCUT2D eigenvalue weighted by atomic mass is 10.1. The lowest BCUT2D eigenvalue weighted by Crippen LogP contribution is -2.33. The fourth-order valence-corrected chi connectivity index (χ4v) is 2.10. The Kier molecular flexibility index (Phi) is 4.05. The van der Waals surface area contributed by atoms with Gasteiger partial charge in [0.05, 0.1) is 5.83 Å². The van der Waals surface area contributed by atoms with Crippen molar-refractivity contribution in [1.29, 1.82) is 0 Å². The minimum Gasteiger partial charge on any atom is -0.235 e. The molecule has 0 unspecified atom stereocenters. The molecule has 19 heavy (non-hydrogen) atoms. The highest BCUT2D eigenvalue weighted by atomic mass is 19.1. The highest BCUT2D eigenvalue weighted by molar-refractivity contribution is 5.76. The Morgan fingerprint density at radius 3 is 2.74 bits per heavy atom. The molecule has 0 fully saturated rings. The van der Waals surface area contributed by atoms with Crippen molar-refractivity contribution in [1.82, 2.24) is 4.98 Å². The van der Waals surface area contributed by atoms with Crippen molar-refractivity contribution in [3.63, 3.8) is 0 Å². The summed E-state index contributed by atoms with van der Waals surface area (Å²) in [7, 11) is 0. The van der Waals surface area contributed by atoms with Crippen molar-refractivity contribution < 1.29 is 8.96 Å². The Hall–Kier alpha value is -2.03. The first kappa shape index (κ1) is 13.4. The van der Waals surface area contributed by atoms with Crippen LogP contribution >= 0.6 is 0 Å². The highest BCUT2D eigenvalue weighted by Gasteiger charge is 2.12. The second kappa shape index (κ2) is 5.74. The van der Waals surface area contributed by atoms with Crippen LogP contribution in [-0.2, 0) is 6.54 Å². The van der Waals surface area contributed by atoms with Crippen molar-refractivity contribution in [3.8, 4) is 0 Å². The second-order valence-corrected chi connectivity index (χ2v) is 4.38. The molecule has 2 nitrogen and oxygen atoms in total. The quantitative estimate of drug-likeness (QED) is 0.603. The molecule has 0 spiro atoms. The van der Waals surface area contributed by atoms with Crippen LogP contribution < -0.4 is 4.57 Å². The van der Waals surface area contributed by atoms with Crippen LogP contribution in [0.15, 0.2) is 48.4 Å². The topological polar surface area (TPSA) is 16.8 Å². The number of nitrogens with zero attached hydrogens (tertiary/aromatic N) is 2. The van der Waals surface area contributed by atoms with Crippen LogP contribution in [0, 0.1) is 0 Å². The molecule has 0 aliphatic carbocycles. The van der Waals surface area contributed by atoms with Crippen LogP contribution in [-0.4, -0.2) is 4.98 Å². The van der Waals surface area contributed by atoms with Gasteiger partial charge < -0.3 is 0 Å². The summed E-state index contributed by atoms with van der Waals surface area (Å²) in [5.41, 5.74) is 3.60. The van der Waals surface area contributed by atoms with E-state index in [4.69, 9.17) is 0 Å². The zero-order chi connectivity index (χ0) is 13.8. The van der Waals surface area contributed by atoms with E-state index in [-0.39, 0.29) is 5.83 Å². The van der Waals surface area contributed by atoms with E-state index in [0.29, 0.717) is 0 Å². The lowest BCUT2D eigenvalue weighted by molar-refractivity contribution is -0.668. The maximum Gasteiger partial charge on any atom is 0.231 e. The van der Waals surface area contributed by atoms with Crippen LogP contribution in [0.2, 0.25) is 0 Å². The first-order valence-electron chi connectivity index (χ1n) is 6.45. The predicted octanol–water partition coefficient (Wildman–Crippen LogP) is 3.82. The summed E-state index contributed by atoms with van der Waals surface area (Å²) in [5.74, 6) is -0.217. The number of rotatable bonds is 3. The molecule has 2 aromatic rings. The minimum absolute atomic E-state index is 0.217. The molecule has 0 amide bonds. The van der Waals surface area contributed by atoms with Crippen molar-refractivity contribution in [2.75, 3.05) is 0 Å². The third kappa shape index (κ3) is 2.87. The van der Waals surface area contributed by atoms with Crippen LogP contribution in [0.5, 0.6) is 0 Å². The number of aryl methyl sites for hydroxylation is 1. The van der Waals surface area contributed by atoms with Crippen molar-refractivity contribution >= 4 is 16.6 Å². The lowest BCUT2D eigenvalue weighted by Gasteiger charge is -2.04. The van der Waals surface area contributed by atoms with Crippen LogP contribution in [0.3, 0.4) is 0 Å². The Bertz CT molecular complexity index is 653. The average Bonchev–Trinajstić information content (AvgIpc) is 2.43. The highest BCUT2D eigenvalue weighted by Crippen LogP contribution is 2.17. The summed E-state index contributed by atoms with van der Waals surface area (Å²) >= 11 is 0. The molecule has 0 N–H and O–H groups in total. The minimum atomic E-state index is -0.217. The SMILES string of the molecule is CC=C(C=C(C)F)c1c[n+](CC)c2ccccc2n1. The van der Waals surface area contributed by atoms with Gasteiger partial charge in [0.1, 0.15) is 17.8 Å². The Morgan fingerprint density at radius 2 is 2.11 bits per heavy atom. The maximum absolute atomic E-state index is 13.1. The number of hydrogen-bond donors (Lipinski definition) is 0. The van der Waals surface area contributed by atoms with Gasteiger partial charge in [0.15, 0.2) is 6.20 Å². The molecule has 3 heteroatoms. The molecule has 98 valence electrons. The number of para-hydroxylation sites is 2. The number of halogens is 1. The van der Waals surface area contributed by atoms with Gasteiger partial charge >= 0.3 is 0 Å². The van der Waals surface area contributed by atoms with Gasteiger partial charge in [-0.15, -0.1) is 0 Å². The Morgan fingerprint density at radius 1 is 1.37 bits per heavy atom. The molecule has 0 bridgehead atoms. The monoisotopic (exact) mass is 257 g/mol. The van der Waals surface area contributed by atoms with Crippen molar-refractivity contribution in [2.24, 2.45) is 0 Å². The Balaban J connectivity index is 2.65. The van der Waals surface area contributed by atoms with Gasteiger partial charge in [0, 0.05) is 11.6 Å². The van der Waals surface area contributed by atoms with Gasteiger partial charge in [-0.05, 0) is 32.9 Å². The van der Waals surface area contributed by atoms with Crippen LogP contribution in [0.4, 0.5) is 4.39 Å². The normalized spacial score (nSPS) is 13.1. The van der Waals surface area contributed by atoms with Crippen LogP contribution in [0.1, 0.15) is 26.5 Å². The summed E-state index contributed by atoms with van der Waals surface area (Å²) in [6.45, 7) is 6.27. The molecule has 0 radical (unpaired) electrons. The van der Waals surface area contributed by atoms with Gasteiger partial charge in [-0.25, -0.2) is 9.37 Å². The molecule has 0 saturated carbocycles. The summed E-state index contributed by atoms with van der Waals surface area (Å²) in [6, 6.07) is 7.98. The fraction of sp³-hybridized carbons (Fsp3) is 0.250. The first-order valence-corrected chi connectivity index (χ1v) is 6.45. The Labute approximate surface area is 112 Å². The van der Waals surface area contributed by atoms with Gasteiger partial charge in [-0.3, -0.25) is 0 Å². The van der Waals surface area contributed by atoms with E-state index in [1.165, 1.54) is 13.0 Å². The molecule has 1 aromatic carbocycles. The van der Waals surface area contributed by atoms with Gasteiger partial charge in [0.2, 0.25) is 5.52 Å². The summed E-state index contributed by atoms with van der Waals surface area (Å²) in [5, 5.41) is 0. The van der Waals surface area contributed by atoms with Gasteiger partial charge in [0.25, 0.3) is 0 Å². The molecule has 0 aliphatic heterocycles. The maximum atomic E-state index is 13.1. The first-order chi connectivity index (χ1) is 9.15. The second-order valence-electron chi connectivity index (χ2n) is 4.38.